The van der Waals surface area contributed by atoms with Gasteiger partial charge in [-0.3, -0.25) is 4.79 Å². The molecule has 0 spiro atoms. The molecule has 2 rings (SSSR count). The maximum Gasteiger partial charge on any atom is 0.416 e. The summed E-state index contributed by atoms with van der Waals surface area (Å²) in [6.45, 7) is 0.575. The summed E-state index contributed by atoms with van der Waals surface area (Å²) < 4.78 is 37.6. The molecular weight excluding hydrogens is 315 g/mol. The number of rotatable bonds is 5. The summed E-state index contributed by atoms with van der Waals surface area (Å²) in [5.41, 5.74) is 0.145. The van der Waals surface area contributed by atoms with Gasteiger partial charge in [0, 0.05) is 11.6 Å². The minimum absolute atomic E-state index is 0.0335. The summed E-state index contributed by atoms with van der Waals surface area (Å²) in [5, 5.41) is 18.3. The van der Waals surface area contributed by atoms with Gasteiger partial charge >= 0.3 is 12.1 Å². The van der Waals surface area contributed by atoms with E-state index < -0.39 is 30.7 Å². The van der Waals surface area contributed by atoms with Crippen molar-refractivity contribution in [1.29, 1.82) is 0 Å². The highest BCUT2D eigenvalue weighted by atomic mass is 19.4. The molecule has 0 bridgehead atoms. The average Bonchev–Trinajstić information content (AvgIpc) is 3.27. The standard InChI is InChI=1S/C15H16F3NO4/c1-8-10(3-2-4-11(8)14(22)23)13(21)19(9-5-6-9)7-12(20)15(16,17)18/h2-4,9,12,20H,5-7H2,1H3,(H,22,23). The molecule has 2 N–H and O–H groups in total. The number of carboxylic acid groups (broad SMARTS) is 1. The van der Waals surface area contributed by atoms with Crippen molar-refractivity contribution in [2.45, 2.75) is 38.1 Å². The normalized spacial score (nSPS) is 16.0. The van der Waals surface area contributed by atoms with E-state index in [1.807, 2.05) is 0 Å². The van der Waals surface area contributed by atoms with Gasteiger partial charge in [0.2, 0.25) is 0 Å². The maximum atomic E-state index is 12.5. The molecule has 0 radical (unpaired) electrons. The van der Waals surface area contributed by atoms with Crippen molar-refractivity contribution in [1.82, 2.24) is 4.90 Å². The summed E-state index contributed by atoms with van der Waals surface area (Å²) in [6, 6.07) is 3.71. The fraction of sp³-hybridized carbons (Fsp3) is 0.467. The molecule has 1 saturated carbocycles. The molecule has 1 unspecified atom stereocenters. The minimum Gasteiger partial charge on any atom is -0.478 e. The number of alkyl halides is 3. The molecule has 0 saturated heterocycles. The van der Waals surface area contributed by atoms with Gasteiger partial charge in [-0.2, -0.15) is 13.2 Å². The second-order valence-corrected chi connectivity index (χ2v) is 5.53. The van der Waals surface area contributed by atoms with E-state index >= 15 is 0 Å². The molecule has 23 heavy (non-hydrogen) atoms. The third kappa shape index (κ3) is 3.82. The Hall–Kier alpha value is -2.09. The van der Waals surface area contributed by atoms with Gasteiger partial charge in [0.1, 0.15) is 0 Å². The van der Waals surface area contributed by atoms with Crippen LogP contribution in [0.3, 0.4) is 0 Å². The quantitative estimate of drug-likeness (QED) is 0.867. The predicted octanol–water partition coefficient (Wildman–Crippen LogP) is 2.22. The van der Waals surface area contributed by atoms with Crippen molar-refractivity contribution in [3.63, 3.8) is 0 Å². The van der Waals surface area contributed by atoms with Crippen LogP contribution >= 0.6 is 0 Å². The first-order valence-corrected chi connectivity index (χ1v) is 7.01. The van der Waals surface area contributed by atoms with Gasteiger partial charge in [-0.25, -0.2) is 4.79 Å². The van der Waals surface area contributed by atoms with Crippen molar-refractivity contribution >= 4 is 11.9 Å². The number of hydrogen-bond donors (Lipinski definition) is 2. The zero-order chi connectivity index (χ0) is 17.4. The largest absolute Gasteiger partial charge is 0.478 e. The Labute approximate surface area is 130 Å². The van der Waals surface area contributed by atoms with E-state index in [0.717, 1.165) is 4.90 Å². The van der Waals surface area contributed by atoms with Gasteiger partial charge in [-0.05, 0) is 37.5 Å². The van der Waals surface area contributed by atoms with Crippen LogP contribution in [0, 0.1) is 6.92 Å². The fourth-order valence-corrected chi connectivity index (χ4v) is 2.33. The summed E-state index contributed by atoms with van der Waals surface area (Å²) in [6.07, 6.45) is -6.32. The lowest BCUT2D eigenvalue weighted by Crippen LogP contribution is -2.45. The molecule has 1 fully saturated rings. The van der Waals surface area contributed by atoms with Crippen LogP contribution in [0.4, 0.5) is 13.2 Å². The molecule has 0 heterocycles. The summed E-state index contributed by atoms with van der Waals surface area (Å²) in [5.74, 6) is -1.91. The molecule has 1 aromatic carbocycles. The number of carbonyl (C=O) groups is 2. The van der Waals surface area contributed by atoms with Crippen LogP contribution in [0.15, 0.2) is 18.2 Å². The number of nitrogens with zero attached hydrogens (tertiary/aromatic N) is 1. The molecule has 0 aromatic heterocycles. The third-order valence-electron chi connectivity index (χ3n) is 3.79. The molecule has 8 heteroatoms. The van der Waals surface area contributed by atoms with Crippen molar-refractivity contribution in [3.05, 3.63) is 34.9 Å². The molecule has 1 atom stereocenters. The van der Waals surface area contributed by atoms with Gasteiger partial charge in [-0.15, -0.1) is 0 Å². The van der Waals surface area contributed by atoms with Crippen LogP contribution in [0.1, 0.15) is 39.1 Å². The zero-order valence-electron chi connectivity index (χ0n) is 12.3. The monoisotopic (exact) mass is 331 g/mol. The number of aromatic carboxylic acids is 1. The first kappa shape index (κ1) is 17.3. The molecule has 5 nitrogen and oxygen atoms in total. The zero-order valence-corrected chi connectivity index (χ0v) is 12.3. The molecule has 1 amide bonds. The van der Waals surface area contributed by atoms with Crippen LogP contribution in [-0.2, 0) is 0 Å². The lowest BCUT2D eigenvalue weighted by molar-refractivity contribution is -0.206. The van der Waals surface area contributed by atoms with Gasteiger partial charge < -0.3 is 15.1 Å². The first-order chi connectivity index (χ1) is 10.6. The van der Waals surface area contributed by atoms with Gasteiger partial charge in [-0.1, -0.05) is 6.07 Å². The molecule has 1 aliphatic carbocycles. The van der Waals surface area contributed by atoms with Gasteiger partial charge in [0.25, 0.3) is 5.91 Å². The Bertz CT molecular complexity index is 626. The number of carboxylic acids is 1. The first-order valence-electron chi connectivity index (χ1n) is 7.01. The lowest BCUT2D eigenvalue weighted by Gasteiger charge is -2.27. The van der Waals surface area contributed by atoms with E-state index in [4.69, 9.17) is 5.11 Å². The van der Waals surface area contributed by atoms with Crippen LogP contribution in [-0.4, -0.2) is 51.9 Å². The van der Waals surface area contributed by atoms with Crippen LogP contribution in [0.2, 0.25) is 0 Å². The second-order valence-electron chi connectivity index (χ2n) is 5.53. The topological polar surface area (TPSA) is 77.8 Å². The summed E-state index contributed by atoms with van der Waals surface area (Å²) in [7, 11) is 0. The molecular formula is C15H16F3NO4. The second kappa shape index (κ2) is 6.19. The Morgan fingerprint density at radius 1 is 1.30 bits per heavy atom. The Morgan fingerprint density at radius 3 is 2.35 bits per heavy atom. The van der Waals surface area contributed by atoms with E-state index in [1.54, 1.807) is 0 Å². The van der Waals surface area contributed by atoms with Crippen LogP contribution in [0.25, 0.3) is 0 Å². The Balaban J connectivity index is 2.29. The molecule has 1 aliphatic rings. The smallest absolute Gasteiger partial charge is 0.416 e. The van der Waals surface area contributed by atoms with E-state index in [1.165, 1.54) is 25.1 Å². The van der Waals surface area contributed by atoms with E-state index in [2.05, 4.69) is 0 Å². The van der Waals surface area contributed by atoms with Crippen molar-refractivity contribution < 1.29 is 33.0 Å². The number of aliphatic hydroxyl groups excluding tert-OH is 1. The van der Waals surface area contributed by atoms with Gasteiger partial charge in [0.15, 0.2) is 6.10 Å². The van der Waals surface area contributed by atoms with Crippen molar-refractivity contribution in [3.8, 4) is 0 Å². The fourth-order valence-electron chi connectivity index (χ4n) is 2.33. The van der Waals surface area contributed by atoms with Crippen LogP contribution < -0.4 is 0 Å². The van der Waals surface area contributed by atoms with E-state index in [0.29, 0.717) is 12.8 Å². The molecule has 126 valence electrons. The Morgan fingerprint density at radius 2 is 1.87 bits per heavy atom. The third-order valence-corrected chi connectivity index (χ3v) is 3.79. The average molecular weight is 331 g/mol. The Kier molecular flexibility index (Phi) is 4.65. The number of halogens is 3. The summed E-state index contributed by atoms with van der Waals surface area (Å²) in [4.78, 5) is 24.6. The SMILES string of the molecule is Cc1c(C(=O)O)cccc1C(=O)N(CC(O)C(F)(F)F)C1CC1. The van der Waals surface area contributed by atoms with Gasteiger partial charge in [0.05, 0.1) is 12.1 Å². The highest BCUT2D eigenvalue weighted by molar-refractivity contribution is 6.00. The number of hydrogen-bond acceptors (Lipinski definition) is 3. The predicted molar refractivity (Wildman–Crippen MR) is 74.3 cm³/mol. The molecule has 1 aromatic rings. The van der Waals surface area contributed by atoms with E-state index in [9.17, 15) is 27.9 Å². The highest BCUT2D eigenvalue weighted by Crippen LogP contribution is 2.31. The number of carbonyl (C=O) groups excluding carboxylic acids is 1. The minimum atomic E-state index is -4.81. The van der Waals surface area contributed by atoms with E-state index in [-0.39, 0.29) is 22.7 Å². The van der Waals surface area contributed by atoms with Crippen molar-refractivity contribution in [2.75, 3.05) is 6.54 Å². The lowest BCUT2D eigenvalue weighted by atomic mass is 10.0. The summed E-state index contributed by atoms with van der Waals surface area (Å²) >= 11 is 0. The highest BCUT2D eigenvalue weighted by Gasteiger charge is 2.43. The number of amides is 1. The number of benzene rings is 1. The van der Waals surface area contributed by atoms with Crippen molar-refractivity contribution in [2.24, 2.45) is 0 Å². The molecule has 0 aliphatic heterocycles. The number of aliphatic hydroxyl groups is 1. The van der Waals surface area contributed by atoms with Crippen LogP contribution in [0.5, 0.6) is 0 Å². The maximum absolute atomic E-state index is 12.5.